The highest BCUT2D eigenvalue weighted by Gasteiger charge is 2.37. The van der Waals surface area contributed by atoms with Gasteiger partial charge in [0.15, 0.2) is 6.61 Å². The molecule has 1 unspecified atom stereocenters. The Labute approximate surface area is 162 Å². The summed E-state index contributed by atoms with van der Waals surface area (Å²) in [6.07, 6.45) is 0.0313. The van der Waals surface area contributed by atoms with E-state index >= 15 is 0 Å². The minimum Gasteiger partial charge on any atom is -0.455 e. The van der Waals surface area contributed by atoms with Gasteiger partial charge in [-0.1, -0.05) is 35.9 Å². The minimum atomic E-state index is -0.624. The van der Waals surface area contributed by atoms with Crippen LogP contribution in [0.4, 0.5) is 11.4 Å². The molecule has 140 valence electrons. The highest BCUT2D eigenvalue weighted by Crippen LogP contribution is 2.31. The number of nitrogens with one attached hydrogen (secondary N) is 1. The first-order valence-electron chi connectivity index (χ1n) is 8.52. The minimum absolute atomic E-state index is 0.0313. The van der Waals surface area contributed by atoms with Crippen molar-refractivity contribution in [2.45, 2.75) is 13.3 Å². The summed E-state index contributed by atoms with van der Waals surface area (Å²) in [6.45, 7) is 1.70. The zero-order chi connectivity index (χ0) is 19.4. The maximum Gasteiger partial charge on any atom is 0.311 e. The van der Waals surface area contributed by atoms with E-state index in [0.717, 1.165) is 5.56 Å². The first-order valence-corrected chi connectivity index (χ1v) is 8.90. The third-order valence-electron chi connectivity index (χ3n) is 4.25. The Kier molecular flexibility index (Phi) is 5.76. The molecule has 2 aromatic rings. The zero-order valence-electron chi connectivity index (χ0n) is 14.8. The summed E-state index contributed by atoms with van der Waals surface area (Å²) in [5.74, 6) is -1.83. The molecule has 1 aliphatic heterocycles. The number of para-hydroxylation sites is 1. The summed E-state index contributed by atoms with van der Waals surface area (Å²) in [5, 5.41) is 3.11. The summed E-state index contributed by atoms with van der Waals surface area (Å²) in [5.41, 5.74) is 2.21. The molecule has 7 heteroatoms. The molecule has 1 atom stereocenters. The maximum atomic E-state index is 12.2. The van der Waals surface area contributed by atoms with E-state index in [0.29, 0.717) is 16.4 Å². The van der Waals surface area contributed by atoms with Gasteiger partial charge in [-0.2, -0.15) is 0 Å². The molecule has 0 bridgehead atoms. The molecule has 0 radical (unpaired) electrons. The molecular weight excluding hydrogens is 368 g/mol. The summed E-state index contributed by atoms with van der Waals surface area (Å²) in [4.78, 5) is 37.9. The molecule has 0 spiro atoms. The van der Waals surface area contributed by atoms with Crippen LogP contribution in [0.15, 0.2) is 48.5 Å². The molecule has 1 N–H and O–H groups in total. The summed E-state index contributed by atoms with van der Waals surface area (Å²) < 4.78 is 5.09. The Morgan fingerprint density at radius 2 is 2.00 bits per heavy atom. The topological polar surface area (TPSA) is 75.7 Å². The molecule has 1 saturated heterocycles. The molecule has 3 rings (SSSR count). The Morgan fingerprint density at radius 3 is 2.74 bits per heavy atom. The van der Waals surface area contributed by atoms with Crippen LogP contribution in [0.25, 0.3) is 0 Å². The van der Waals surface area contributed by atoms with Crippen molar-refractivity contribution in [2.24, 2.45) is 5.92 Å². The fraction of sp³-hybridized carbons (Fsp3) is 0.250. The monoisotopic (exact) mass is 386 g/mol. The predicted molar refractivity (Wildman–Crippen MR) is 103 cm³/mol. The van der Waals surface area contributed by atoms with E-state index in [4.69, 9.17) is 16.3 Å². The van der Waals surface area contributed by atoms with Gasteiger partial charge in [0, 0.05) is 18.7 Å². The van der Waals surface area contributed by atoms with Crippen molar-refractivity contribution in [1.82, 2.24) is 0 Å². The SMILES string of the molecule is Cc1cccc(NC(=O)COC(=O)C2CC(=O)N(c3ccccc3Cl)C2)c1. The highest BCUT2D eigenvalue weighted by atomic mass is 35.5. The van der Waals surface area contributed by atoms with Crippen molar-refractivity contribution >= 4 is 40.8 Å². The molecule has 0 aromatic heterocycles. The molecule has 2 aromatic carbocycles. The lowest BCUT2D eigenvalue weighted by molar-refractivity contribution is -0.151. The van der Waals surface area contributed by atoms with Crippen molar-refractivity contribution < 1.29 is 19.1 Å². The molecule has 1 heterocycles. The maximum absolute atomic E-state index is 12.2. The van der Waals surface area contributed by atoms with Crippen LogP contribution in [-0.2, 0) is 19.1 Å². The molecule has 1 aliphatic rings. The Balaban J connectivity index is 1.53. The van der Waals surface area contributed by atoms with E-state index in [1.54, 1.807) is 30.3 Å². The second-order valence-electron chi connectivity index (χ2n) is 6.38. The lowest BCUT2D eigenvalue weighted by Gasteiger charge is -2.17. The quantitative estimate of drug-likeness (QED) is 0.801. The number of nitrogens with zero attached hydrogens (tertiary/aromatic N) is 1. The number of anilines is 2. The van der Waals surface area contributed by atoms with Gasteiger partial charge in [0.1, 0.15) is 0 Å². The number of esters is 1. The third kappa shape index (κ3) is 4.65. The van der Waals surface area contributed by atoms with Gasteiger partial charge in [0.25, 0.3) is 5.91 Å². The number of rotatable bonds is 5. The number of hydrogen-bond donors (Lipinski definition) is 1. The van der Waals surface area contributed by atoms with Crippen molar-refractivity contribution in [3.63, 3.8) is 0 Å². The van der Waals surface area contributed by atoms with Crippen LogP contribution in [0, 0.1) is 12.8 Å². The summed E-state index contributed by atoms with van der Waals surface area (Å²) >= 11 is 6.12. The first kappa shape index (κ1) is 18.9. The first-order chi connectivity index (χ1) is 12.9. The number of ether oxygens (including phenoxy) is 1. The molecule has 27 heavy (non-hydrogen) atoms. The smallest absolute Gasteiger partial charge is 0.311 e. The van der Waals surface area contributed by atoms with Crippen molar-refractivity contribution in [1.29, 1.82) is 0 Å². The second kappa shape index (κ2) is 8.22. The molecular formula is C20H19ClN2O4. The van der Waals surface area contributed by atoms with E-state index in [2.05, 4.69) is 5.32 Å². The Morgan fingerprint density at radius 1 is 1.22 bits per heavy atom. The summed E-state index contributed by atoms with van der Waals surface area (Å²) in [7, 11) is 0. The average Bonchev–Trinajstić information content (AvgIpc) is 3.02. The average molecular weight is 387 g/mol. The van der Waals surface area contributed by atoms with Crippen LogP contribution >= 0.6 is 11.6 Å². The van der Waals surface area contributed by atoms with Crippen LogP contribution in [0.2, 0.25) is 5.02 Å². The fourth-order valence-corrected chi connectivity index (χ4v) is 3.18. The third-order valence-corrected chi connectivity index (χ3v) is 4.57. The van der Waals surface area contributed by atoms with Crippen LogP contribution in [0.5, 0.6) is 0 Å². The molecule has 0 aliphatic carbocycles. The van der Waals surface area contributed by atoms with Gasteiger partial charge in [0.05, 0.1) is 16.6 Å². The van der Waals surface area contributed by atoms with Gasteiger partial charge in [-0.3, -0.25) is 14.4 Å². The number of carbonyl (C=O) groups is 3. The van der Waals surface area contributed by atoms with Gasteiger partial charge in [-0.15, -0.1) is 0 Å². The highest BCUT2D eigenvalue weighted by molar-refractivity contribution is 6.33. The van der Waals surface area contributed by atoms with Gasteiger partial charge in [-0.25, -0.2) is 0 Å². The van der Waals surface area contributed by atoms with Crippen molar-refractivity contribution in [3.8, 4) is 0 Å². The van der Waals surface area contributed by atoms with Gasteiger partial charge < -0.3 is 15.0 Å². The van der Waals surface area contributed by atoms with E-state index in [1.165, 1.54) is 4.90 Å². The fourth-order valence-electron chi connectivity index (χ4n) is 2.94. The van der Waals surface area contributed by atoms with Crippen molar-refractivity contribution in [3.05, 3.63) is 59.1 Å². The molecule has 6 nitrogen and oxygen atoms in total. The van der Waals surface area contributed by atoms with Crippen LogP contribution in [0.3, 0.4) is 0 Å². The number of amides is 2. The molecule has 2 amide bonds. The second-order valence-corrected chi connectivity index (χ2v) is 6.79. The van der Waals surface area contributed by atoms with E-state index in [9.17, 15) is 14.4 Å². The van der Waals surface area contributed by atoms with E-state index in [1.807, 2.05) is 25.1 Å². The van der Waals surface area contributed by atoms with Gasteiger partial charge in [-0.05, 0) is 36.8 Å². The van der Waals surface area contributed by atoms with Crippen molar-refractivity contribution in [2.75, 3.05) is 23.4 Å². The number of halogens is 1. The number of carbonyl (C=O) groups excluding carboxylic acids is 3. The zero-order valence-corrected chi connectivity index (χ0v) is 15.5. The molecule has 1 fully saturated rings. The van der Waals surface area contributed by atoms with E-state index in [-0.39, 0.29) is 18.9 Å². The van der Waals surface area contributed by atoms with Crippen LogP contribution in [0.1, 0.15) is 12.0 Å². The van der Waals surface area contributed by atoms with Crippen LogP contribution < -0.4 is 10.2 Å². The van der Waals surface area contributed by atoms with Gasteiger partial charge in [0.2, 0.25) is 5.91 Å². The Bertz CT molecular complexity index is 884. The van der Waals surface area contributed by atoms with Crippen LogP contribution in [-0.4, -0.2) is 30.9 Å². The number of benzene rings is 2. The standard InChI is InChI=1S/C20H19ClN2O4/c1-13-5-4-6-15(9-13)22-18(24)12-27-20(26)14-10-19(25)23(11-14)17-8-3-2-7-16(17)21/h2-9,14H,10-12H2,1H3,(H,22,24). The Hall–Kier alpha value is -2.86. The normalized spacial score (nSPS) is 16.3. The largest absolute Gasteiger partial charge is 0.455 e. The predicted octanol–water partition coefficient (Wildman–Crippen LogP) is 3.18. The lowest BCUT2D eigenvalue weighted by Crippen LogP contribution is -2.28. The number of hydrogen-bond acceptors (Lipinski definition) is 4. The van der Waals surface area contributed by atoms with Gasteiger partial charge >= 0.3 is 5.97 Å². The summed E-state index contributed by atoms with van der Waals surface area (Å²) in [6, 6.07) is 14.3. The number of aryl methyl sites for hydroxylation is 1. The lowest BCUT2D eigenvalue weighted by atomic mass is 10.1. The van der Waals surface area contributed by atoms with E-state index < -0.39 is 24.4 Å². The molecule has 0 saturated carbocycles.